The molecule has 0 aromatic carbocycles. The van der Waals surface area contributed by atoms with Crippen LogP contribution in [0, 0.1) is 11.8 Å². The first kappa shape index (κ1) is 11.0. The fourth-order valence-electron chi connectivity index (χ4n) is 2.58. The highest BCUT2D eigenvalue weighted by Gasteiger charge is 2.39. The van der Waals surface area contributed by atoms with Gasteiger partial charge in [-0.3, -0.25) is 4.79 Å². The summed E-state index contributed by atoms with van der Waals surface area (Å²) in [6.07, 6.45) is 8.47. The summed E-state index contributed by atoms with van der Waals surface area (Å²) in [5.74, 6) is 1.37. The highest BCUT2D eigenvalue weighted by atomic mass is 16.2. The van der Waals surface area contributed by atoms with Crippen LogP contribution in [-0.4, -0.2) is 11.4 Å². The molecule has 0 aliphatic heterocycles. The highest BCUT2D eigenvalue weighted by Crippen LogP contribution is 2.38. The molecule has 1 amide bonds. The van der Waals surface area contributed by atoms with Gasteiger partial charge in [0, 0.05) is 11.5 Å². The third-order valence-electron chi connectivity index (χ3n) is 4.63. The maximum absolute atomic E-state index is 11.9. The Morgan fingerprint density at radius 2 is 1.87 bits per heavy atom. The van der Waals surface area contributed by atoms with Crippen LogP contribution in [0.3, 0.4) is 0 Å². The normalized spacial score (nSPS) is 26.3. The molecule has 0 aromatic rings. The van der Waals surface area contributed by atoms with Crippen molar-refractivity contribution in [3.05, 3.63) is 0 Å². The van der Waals surface area contributed by atoms with Crippen molar-refractivity contribution < 1.29 is 4.79 Å². The van der Waals surface area contributed by atoms with E-state index in [4.69, 9.17) is 0 Å². The average Bonchev–Trinajstić information content (AvgIpc) is 1.96. The van der Waals surface area contributed by atoms with Crippen LogP contribution in [0.2, 0.25) is 0 Å². The highest BCUT2D eigenvalue weighted by molar-refractivity contribution is 5.80. The van der Waals surface area contributed by atoms with Gasteiger partial charge in [-0.1, -0.05) is 19.8 Å². The first-order valence-corrected chi connectivity index (χ1v) is 6.48. The third-order valence-corrected chi connectivity index (χ3v) is 4.63. The molecule has 2 heteroatoms. The lowest BCUT2D eigenvalue weighted by Crippen LogP contribution is -2.55. The van der Waals surface area contributed by atoms with Crippen LogP contribution in [-0.2, 0) is 4.79 Å². The molecule has 2 nitrogen and oxygen atoms in total. The SMILES string of the molecule is CC[C@](C)(NC(=O)C1CCC1)C1CCC1. The minimum Gasteiger partial charge on any atom is -0.350 e. The Kier molecular flexibility index (Phi) is 3.03. The maximum atomic E-state index is 11.9. The van der Waals surface area contributed by atoms with Gasteiger partial charge in [-0.05, 0) is 44.9 Å². The van der Waals surface area contributed by atoms with E-state index in [1.807, 2.05) is 0 Å². The quantitative estimate of drug-likeness (QED) is 0.758. The van der Waals surface area contributed by atoms with Crippen molar-refractivity contribution in [1.29, 1.82) is 0 Å². The van der Waals surface area contributed by atoms with E-state index < -0.39 is 0 Å². The van der Waals surface area contributed by atoms with Gasteiger partial charge in [0.05, 0.1) is 0 Å². The number of carbonyl (C=O) groups excluding carboxylic acids is 1. The van der Waals surface area contributed by atoms with Gasteiger partial charge in [-0.2, -0.15) is 0 Å². The Morgan fingerprint density at radius 1 is 1.27 bits per heavy atom. The second kappa shape index (κ2) is 4.15. The summed E-state index contributed by atoms with van der Waals surface area (Å²) >= 11 is 0. The van der Waals surface area contributed by atoms with Crippen LogP contribution in [0.5, 0.6) is 0 Å². The fraction of sp³-hybridized carbons (Fsp3) is 0.923. The molecule has 2 aliphatic carbocycles. The van der Waals surface area contributed by atoms with E-state index in [2.05, 4.69) is 19.2 Å². The predicted molar refractivity (Wildman–Crippen MR) is 61.5 cm³/mol. The van der Waals surface area contributed by atoms with E-state index in [0.717, 1.165) is 25.2 Å². The Morgan fingerprint density at radius 3 is 2.20 bits per heavy atom. The molecule has 0 aromatic heterocycles. The molecule has 86 valence electrons. The van der Waals surface area contributed by atoms with E-state index in [0.29, 0.717) is 11.8 Å². The van der Waals surface area contributed by atoms with Crippen LogP contribution in [0.1, 0.15) is 58.8 Å². The summed E-state index contributed by atoms with van der Waals surface area (Å²) in [5.41, 5.74) is 0.0743. The van der Waals surface area contributed by atoms with Crippen molar-refractivity contribution in [2.75, 3.05) is 0 Å². The molecule has 2 aliphatic rings. The lowest BCUT2D eigenvalue weighted by molar-refractivity contribution is -0.130. The lowest BCUT2D eigenvalue weighted by Gasteiger charge is -2.44. The van der Waals surface area contributed by atoms with Crippen LogP contribution in [0.15, 0.2) is 0 Å². The molecule has 0 unspecified atom stereocenters. The fourth-order valence-corrected chi connectivity index (χ4v) is 2.58. The maximum Gasteiger partial charge on any atom is 0.223 e. The number of hydrogen-bond acceptors (Lipinski definition) is 1. The molecule has 2 rings (SSSR count). The monoisotopic (exact) mass is 209 g/mol. The lowest BCUT2D eigenvalue weighted by atomic mass is 9.70. The van der Waals surface area contributed by atoms with Crippen LogP contribution in [0.25, 0.3) is 0 Å². The summed E-state index contributed by atoms with van der Waals surface area (Å²) in [5, 5.41) is 3.31. The largest absolute Gasteiger partial charge is 0.350 e. The van der Waals surface area contributed by atoms with E-state index >= 15 is 0 Å². The molecule has 0 spiro atoms. The van der Waals surface area contributed by atoms with Crippen molar-refractivity contribution in [2.45, 2.75) is 64.3 Å². The van der Waals surface area contributed by atoms with Crippen molar-refractivity contribution in [3.63, 3.8) is 0 Å². The molecule has 0 bridgehead atoms. The Labute approximate surface area is 92.8 Å². The molecule has 0 heterocycles. The standard InChI is InChI=1S/C13H23NO/c1-3-13(2,11-8-5-9-11)14-12(15)10-6-4-7-10/h10-11H,3-9H2,1-2H3,(H,14,15)/t13-/m0/s1. The van der Waals surface area contributed by atoms with Gasteiger partial charge in [-0.15, -0.1) is 0 Å². The Bertz CT molecular complexity index is 243. The molecule has 2 fully saturated rings. The number of rotatable bonds is 4. The van der Waals surface area contributed by atoms with Gasteiger partial charge in [0.1, 0.15) is 0 Å². The van der Waals surface area contributed by atoms with E-state index in [1.165, 1.54) is 25.7 Å². The second-order valence-electron chi connectivity index (χ2n) is 5.52. The number of amides is 1. The molecule has 2 saturated carbocycles. The smallest absolute Gasteiger partial charge is 0.223 e. The van der Waals surface area contributed by atoms with Crippen LogP contribution in [0.4, 0.5) is 0 Å². The van der Waals surface area contributed by atoms with Gasteiger partial charge in [-0.25, -0.2) is 0 Å². The van der Waals surface area contributed by atoms with E-state index in [1.54, 1.807) is 0 Å². The summed E-state index contributed by atoms with van der Waals surface area (Å²) < 4.78 is 0. The van der Waals surface area contributed by atoms with Gasteiger partial charge >= 0.3 is 0 Å². The molecule has 15 heavy (non-hydrogen) atoms. The number of nitrogens with one attached hydrogen (secondary N) is 1. The van der Waals surface area contributed by atoms with Crippen molar-refractivity contribution >= 4 is 5.91 Å². The Balaban J connectivity index is 1.90. The minimum absolute atomic E-state index is 0.0743. The van der Waals surface area contributed by atoms with Crippen LogP contribution < -0.4 is 5.32 Å². The van der Waals surface area contributed by atoms with E-state index in [-0.39, 0.29) is 5.54 Å². The molecular formula is C13H23NO. The van der Waals surface area contributed by atoms with Gasteiger partial charge < -0.3 is 5.32 Å². The molecule has 1 atom stereocenters. The zero-order valence-corrected chi connectivity index (χ0v) is 10.0. The summed E-state index contributed by atoms with van der Waals surface area (Å²) in [6.45, 7) is 4.42. The second-order valence-corrected chi connectivity index (χ2v) is 5.52. The molecule has 0 saturated heterocycles. The van der Waals surface area contributed by atoms with Gasteiger partial charge in [0.2, 0.25) is 5.91 Å². The van der Waals surface area contributed by atoms with Gasteiger partial charge in [0.25, 0.3) is 0 Å². The minimum atomic E-state index is 0.0743. The van der Waals surface area contributed by atoms with E-state index in [9.17, 15) is 4.79 Å². The number of carbonyl (C=O) groups is 1. The molecular weight excluding hydrogens is 186 g/mol. The molecule has 0 radical (unpaired) electrons. The predicted octanol–water partition coefficient (Wildman–Crippen LogP) is 2.87. The van der Waals surface area contributed by atoms with Crippen molar-refractivity contribution in [1.82, 2.24) is 5.32 Å². The molecule has 1 N–H and O–H groups in total. The van der Waals surface area contributed by atoms with Crippen LogP contribution >= 0.6 is 0 Å². The Hall–Kier alpha value is -0.530. The summed E-state index contributed by atoms with van der Waals surface area (Å²) in [4.78, 5) is 11.9. The first-order chi connectivity index (χ1) is 7.15. The van der Waals surface area contributed by atoms with Gasteiger partial charge in [0.15, 0.2) is 0 Å². The zero-order chi connectivity index (χ0) is 10.9. The third kappa shape index (κ3) is 2.04. The first-order valence-electron chi connectivity index (χ1n) is 6.48. The topological polar surface area (TPSA) is 29.1 Å². The summed E-state index contributed by atoms with van der Waals surface area (Å²) in [6, 6.07) is 0. The number of hydrogen-bond donors (Lipinski definition) is 1. The average molecular weight is 209 g/mol. The van der Waals surface area contributed by atoms with Crippen molar-refractivity contribution in [2.24, 2.45) is 11.8 Å². The summed E-state index contributed by atoms with van der Waals surface area (Å²) in [7, 11) is 0. The van der Waals surface area contributed by atoms with Crippen molar-refractivity contribution in [3.8, 4) is 0 Å². The zero-order valence-electron chi connectivity index (χ0n) is 10.0.